The van der Waals surface area contributed by atoms with Crippen molar-refractivity contribution in [2.45, 2.75) is 41.5 Å². The van der Waals surface area contributed by atoms with Gasteiger partial charge in [-0.3, -0.25) is 0 Å². The van der Waals surface area contributed by atoms with Crippen molar-refractivity contribution in [2.24, 2.45) is 0 Å². The van der Waals surface area contributed by atoms with E-state index in [9.17, 15) is 0 Å². The number of benzene rings is 2. The molecule has 3 nitrogen and oxygen atoms in total. The van der Waals surface area contributed by atoms with Crippen molar-refractivity contribution in [3.05, 3.63) is 53.6 Å². The van der Waals surface area contributed by atoms with E-state index in [1.54, 1.807) is 12.1 Å². The molecule has 0 aliphatic heterocycles. The van der Waals surface area contributed by atoms with Gasteiger partial charge >= 0.3 is 0 Å². The smallest absolute Gasteiger partial charge is 0.138 e. The summed E-state index contributed by atoms with van der Waals surface area (Å²) in [5.74, 6) is 0.162. The molecular formula is C18H30N2O. The van der Waals surface area contributed by atoms with Crippen LogP contribution in [0.25, 0.3) is 0 Å². The summed E-state index contributed by atoms with van der Waals surface area (Å²) in [5, 5.41) is 8.98. The highest BCUT2D eigenvalue weighted by Crippen LogP contribution is 2.19. The van der Waals surface area contributed by atoms with E-state index in [1.165, 1.54) is 5.56 Å². The molecule has 2 aromatic carbocycles. The SMILES string of the molecule is CC.CC.Cc1ccc(N)c(O)c1.Cc1ccc(N)cc1. The second kappa shape index (κ2) is 12.9. The Morgan fingerprint density at radius 1 is 0.714 bits per heavy atom. The van der Waals surface area contributed by atoms with Gasteiger partial charge in [-0.1, -0.05) is 51.5 Å². The average Bonchev–Trinajstić information content (AvgIpc) is 2.51. The van der Waals surface area contributed by atoms with Crippen LogP contribution >= 0.6 is 0 Å². The number of nitrogen functional groups attached to an aromatic ring is 2. The van der Waals surface area contributed by atoms with Crippen LogP contribution in [0.2, 0.25) is 0 Å². The molecule has 0 radical (unpaired) electrons. The topological polar surface area (TPSA) is 72.3 Å². The molecular weight excluding hydrogens is 260 g/mol. The number of aromatic hydroxyl groups is 1. The molecule has 0 fully saturated rings. The quantitative estimate of drug-likeness (QED) is 0.476. The summed E-state index contributed by atoms with van der Waals surface area (Å²) in [6.45, 7) is 11.9. The zero-order valence-electron chi connectivity index (χ0n) is 14.1. The van der Waals surface area contributed by atoms with Crippen LogP contribution < -0.4 is 11.5 Å². The van der Waals surface area contributed by atoms with E-state index >= 15 is 0 Å². The Bertz CT molecular complexity index is 458. The van der Waals surface area contributed by atoms with Crippen molar-refractivity contribution >= 4 is 11.4 Å². The lowest BCUT2D eigenvalue weighted by atomic mass is 10.2. The molecule has 0 unspecified atom stereocenters. The van der Waals surface area contributed by atoms with Crippen LogP contribution in [0.1, 0.15) is 38.8 Å². The van der Waals surface area contributed by atoms with E-state index in [-0.39, 0.29) is 5.75 Å². The molecule has 0 amide bonds. The summed E-state index contributed by atoms with van der Waals surface area (Å²) >= 11 is 0. The minimum Gasteiger partial charge on any atom is -0.506 e. The van der Waals surface area contributed by atoms with Crippen molar-refractivity contribution < 1.29 is 5.11 Å². The molecule has 2 rings (SSSR count). The fraction of sp³-hybridized carbons (Fsp3) is 0.333. The largest absolute Gasteiger partial charge is 0.506 e. The molecule has 5 N–H and O–H groups in total. The Morgan fingerprint density at radius 3 is 1.48 bits per heavy atom. The summed E-state index contributed by atoms with van der Waals surface area (Å²) in [6, 6.07) is 13.0. The predicted molar refractivity (Wildman–Crippen MR) is 95.5 cm³/mol. The van der Waals surface area contributed by atoms with E-state index in [2.05, 4.69) is 0 Å². The van der Waals surface area contributed by atoms with Crippen LogP contribution in [0.4, 0.5) is 11.4 Å². The summed E-state index contributed by atoms with van der Waals surface area (Å²) < 4.78 is 0. The molecule has 118 valence electrons. The lowest BCUT2D eigenvalue weighted by molar-refractivity contribution is 0.477. The molecule has 3 heteroatoms. The van der Waals surface area contributed by atoms with Gasteiger partial charge in [-0.25, -0.2) is 0 Å². The third-order valence-corrected chi connectivity index (χ3v) is 2.26. The van der Waals surface area contributed by atoms with Crippen molar-refractivity contribution in [2.75, 3.05) is 11.5 Å². The maximum Gasteiger partial charge on any atom is 0.138 e. The zero-order valence-corrected chi connectivity index (χ0v) is 14.1. The highest BCUT2D eigenvalue weighted by atomic mass is 16.3. The van der Waals surface area contributed by atoms with Gasteiger partial charge in [0.1, 0.15) is 5.75 Å². The monoisotopic (exact) mass is 290 g/mol. The van der Waals surface area contributed by atoms with E-state index in [0.29, 0.717) is 5.69 Å². The molecule has 2 aromatic rings. The third-order valence-electron chi connectivity index (χ3n) is 2.26. The van der Waals surface area contributed by atoms with Crippen LogP contribution in [0.15, 0.2) is 42.5 Å². The summed E-state index contributed by atoms with van der Waals surface area (Å²) in [4.78, 5) is 0. The maximum atomic E-state index is 8.98. The van der Waals surface area contributed by atoms with E-state index in [0.717, 1.165) is 11.3 Å². The van der Waals surface area contributed by atoms with Crippen LogP contribution in [-0.4, -0.2) is 5.11 Å². The fourth-order valence-corrected chi connectivity index (χ4v) is 1.22. The van der Waals surface area contributed by atoms with Gasteiger partial charge in [0.2, 0.25) is 0 Å². The molecule has 0 bridgehead atoms. The van der Waals surface area contributed by atoms with Crippen molar-refractivity contribution in [1.82, 2.24) is 0 Å². The molecule has 0 saturated carbocycles. The minimum atomic E-state index is 0.162. The Balaban J connectivity index is 0. The molecule has 21 heavy (non-hydrogen) atoms. The maximum absolute atomic E-state index is 8.98. The minimum absolute atomic E-state index is 0.162. The van der Waals surface area contributed by atoms with E-state index in [4.69, 9.17) is 16.6 Å². The molecule has 0 aliphatic rings. The zero-order chi connectivity index (χ0) is 16.8. The van der Waals surface area contributed by atoms with Crippen molar-refractivity contribution in [3.63, 3.8) is 0 Å². The number of phenolic OH excluding ortho intramolecular Hbond substituents is 1. The van der Waals surface area contributed by atoms with Crippen LogP contribution in [0.5, 0.6) is 5.75 Å². The number of hydrogen-bond donors (Lipinski definition) is 3. The fourth-order valence-electron chi connectivity index (χ4n) is 1.22. The van der Waals surface area contributed by atoms with Gasteiger partial charge in [0.15, 0.2) is 0 Å². The Hall–Kier alpha value is -2.16. The normalized spacial score (nSPS) is 8.10. The van der Waals surface area contributed by atoms with Crippen LogP contribution in [0, 0.1) is 13.8 Å². The van der Waals surface area contributed by atoms with Crippen molar-refractivity contribution in [3.8, 4) is 5.75 Å². The number of aryl methyl sites for hydroxylation is 2. The first kappa shape index (κ1) is 21.1. The van der Waals surface area contributed by atoms with Gasteiger partial charge in [0.25, 0.3) is 0 Å². The first-order valence-electron chi connectivity index (χ1n) is 7.36. The molecule has 0 atom stereocenters. The lowest BCUT2D eigenvalue weighted by Crippen LogP contribution is -1.84. The first-order valence-corrected chi connectivity index (χ1v) is 7.36. The van der Waals surface area contributed by atoms with E-state index in [1.807, 2.05) is 71.9 Å². The summed E-state index contributed by atoms with van der Waals surface area (Å²) in [7, 11) is 0. The lowest BCUT2D eigenvalue weighted by Gasteiger charge is -1.97. The number of anilines is 2. The van der Waals surface area contributed by atoms with Gasteiger partial charge < -0.3 is 16.6 Å². The van der Waals surface area contributed by atoms with Gasteiger partial charge in [-0.05, 0) is 43.7 Å². The standard InChI is InChI=1S/C7H9NO.C7H9N.2C2H6/c1-5-2-3-6(8)7(9)4-5;1-6-2-4-7(8)5-3-6;2*1-2/h2-4,9H,8H2,1H3;2-5H,8H2,1H3;2*1-2H3. The molecule has 0 saturated heterocycles. The number of phenols is 1. The van der Waals surface area contributed by atoms with Crippen molar-refractivity contribution in [1.29, 1.82) is 0 Å². The highest BCUT2D eigenvalue weighted by Gasteiger charge is 1.92. The number of hydrogen-bond acceptors (Lipinski definition) is 3. The van der Waals surface area contributed by atoms with Gasteiger partial charge in [-0.2, -0.15) is 0 Å². The Kier molecular flexibility index (Phi) is 12.9. The predicted octanol–water partition coefficient (Wildman–Crippen LogP) is 4.91. The Labute approximate surface area is 129 Å². The summed E-state index contributed by atoms with van der Waals surface area (Å²) in [6.07, 6.45) is 0. The third kappa shape index (κ3) is 10.3. The average molecular weight is 290 g/mol. The molecule has 0 spiro atoms. The van der Waals surface area contributed by atoms with Gasteiger partial charge in [0.05, 0.1) is 5.69 Å². The first-order chi connectivity index (χ1) is 9.99. The molecule has 0 aliphatic carbocycles. The van der Waals surface area contributed by atoms with Crippen LogP contribution in [-0.2, 0) is 0 Å². The molecule has 0 heterocycles. The summed E-state index contributed by atoms with van der Waals surface area (Å²) in [5.41, 5.74) is 14.3. The number of nitrogens with two attached hydrogens (primary N) is 2. The van der Waals surface area contributed by atoms with Crippen LogP contribution in [0.3, 0.4) is 0 Å². The van der Waals surface area contributed by atoms with Gasteiger partial charge in [-0.15, -0.1) is 0 Å². The van der Waals surface area contributed by atoms with E-state index < -0.39 is 0 Å². The second-order valence-corrected chi connectivity index (χ2v) is 3.97. The second-order valence-electron chi connectivity index (χ2n) is 3.97. The van der Waals surface area contributed by atoms with Gasteiger partial charge in [0, 0.05) is 5.69 Å². The Morgan fingerprint density at radius 2 is 1.14 bits per heavy atom. The molecule has 0 aromatic heterocycles. The highest BCUT2D eigenvalue weighted by molar-refractivity contribution is 5.52. The number of rotatable bonds is 0.